The largest absolute Gasteiger partial charge is 0.472 e. The Balaban J connectivity index is 1.80. The lowest BCUT2D eigenvalue weighted by Gasteiger charge is -2.24. The predicted molar refractivity (Wildman–Crippen MR) is 117 cm³/mol. The molecular weight excluding hydrogens is 485 g/mol. The van der Waals surface area contributed by atoms with Crippen LogP contribution in [0.25, 0.3) is 11.1 Å². The van der Waals surface area contributed by atoms with Crippen molar-refractivity contribution in [2.45, 2.75) is 31.0 Å². The molecule has 0 aliphatic carbocycles. The number of pyridine rings is 1. The molecule has 0 radical (unpaired) electrons. The summed E-state index contributed by atoms with van der Waals surface area (Å²) in [4.78, 5) is 3.77. The first kappa shape index (κ1) is 14.6. The van der Waals surface area contributed by atoms with E-state index in [4.69, 9.17) is 46.0 Å². The number of alkyl halides is 3. The van der Waals surface area contributed by atoms with Gasteiger partial charge in [-0.3, -0.25) is 4.68 Å². The molecule has 1 saturated heterocycles. The van der Waals surface area contributed by atoms with E-state index in [0.29, 0.717) is 4.68 Å². The van der Waals surface area contributed by atoms with Crippen LogP contribution in [-0.2, 0) is 0 Å². The lowest BCUT2D eigenvalue weighted by molar-refractivity contribution is -0.197. The zero-order valence-electron chi connectivity index (χ0n) is 25.1. The first-order chi connectivity index (χ1) is 19.0. The Morgan fingerprint density at radius 2 is 1.97 bits per heavy atom. The van der Waals surface area contributed by atoms with Gasteiger partial charge in [-0.25, -0.2) is 9.37 Å². The van der Waals surface area contributed by atoms with E-state index in [1.807, 2.05) is 0 Å². The van der Waals surface area contributed by atoms with Gasteiger partial charge < -0.3 is 15.8 Å². The molecule has 3 aromatic rings. The van der Waals surface area contributed by atoms with Gasteiger partial charge in [-0.05, 0) is 43.9 Å². The number of halogens is 6. The van der Waals surface area contributed by atoms with Gasteiger partial charge in [-0.15, -0.1) is 0 Å². The van der Waals surface area contributed by atoms with Gasteiger partial charge in [0.1, 0.15) is 5.82 Å². The standard InChI is InChI=1S/C21H19Cl2F4N5O/c22-14-1-2-15(24)18(23)17(14)19(21(25,26)27)33-16-7-11(8-30-20(16)28)12-9-31-32(10-12)13-3-5-29-6-4-13/h1-2,7-10,13,19,29H,3-6H2,(H2,28,30)/i3D2,4D2,5D2,6D2,13D. The van der Waals surface area contributed by atoms with Crippen LogP contribution in [0.4, 0.5) is 23.4 Å². The van der Waals surface area contributed by atoms with E-state index in [0.717, 1.165) is 36.8 Å². The fraction of sp³-hybridized carbons (Fsp3) is 0.333. The minimum absolute atomic E-state index is 0.0903. The second-order valence-electron chi connectivity index (χ2n) is 6.55. The van der Waals surface area contributed by atoms with Crippen molar-refractivity contribution in [3.8, 4) is 16.9 Å². The Bertz CT molecular complexity index is 1510. The number of rotatable bonds is 5. The van der Waals surface area contributed by atoms with Gasteiger partial charge in [0.25, 0.3) is 0 Å². The van der Waals surface area contributed by atoms with Gasteiger partial charge >= 0.3 is 6.18 Å². The molecule has 1 aliphatic rings. The minimum atomic E-state index is -5.18. The number of nitrogens with zero attached hydrogens (tertiary/aromatic N) is 3. The molecule has 2 aromatic heterocycles. The Morgan fingerprint density at radius 3 is 2.67 bits per heavy atom. The summed E-state index contributed by atoms with van der Waals surface area (Å²) in [5.41, 5.74) is 4.61. The van der Waals surface area contributed by atoms with Crippen LogP contribution < -0.4 is 15.8 Å². The van der Waals surface area contributed by atoms with E-state index in [-0.39, 0.29) is 11.1 Å². The van der Waals surface area contributed by atoms with Crippen LogP contribution in [0.15, 0.2) is 36.8 Å². The van der Waals surface area contributed by atoms with Crippen molar-refractivity contribution in [3.63, 3.8) is 0 Å². The van der Waals surface area contributed by atoms with Crippen molar-refractivity contribution in [1.29, 1.82) is 0 Å². The Kier molecular flexibility index (Phi) is 4.15. The molecule has 33 heavy (non-hydrogen) atoms. The fourth-order valence-electron chi connectivity index (χ4n) is 2.86. The predicted octanol–water partition coefficient (Wildman–Crippen LogP) is 5.58. The van der Waals surface area contributed by atoms with E-state index >= 15 is 0 Å². The Labute approximate surface area is 209 Å². The Morgan fingerprint density at radius 1 is 1.24 bits per heavy atom. The van der Waals surface area contributed by atoms with Gasteiger partial charge in [-0.2, -0.15) is 18.3 Å². The van der Waals surface area contributed by atoms with Crippen molar-refractivity contribution in [3.05, 3.63) is 58.2 Å². The summed E-state index contributed by atoms with van der Waals surface area (Å²) in [7, 11) is 0. The van der Waals surface area contributed by atoms with Crippen LogP contribution in [0.5, 0.6) is 5.75 Å². The van der Waals surface area contributed by atoms with Crippen LogP contribution in [0.2, 0.25) is 10.0 Å². The maximum absolute atomic E-state index is 14.1. The number of hydrogen-bond donors (Lipinski definition) is 2. The summed E-state index contributed by atoms with van der Waals surface area (Å²) < 4.78 is 135. The maximum Gasteiger partial charge on any atom is 0.429 e. The van der Waals surface area contributed by atoms with Gasteiger partial charge in [0.05, 0.1) is 18.6 Å². The molecule has 1 atom stereocenters. The van der Waals surface area contributed by atoms with Crippen molar-refractivity contribution in [2.75, 3.05) is 18.7 Å². The second kappa shape index (κ2) is 9.36. The highest BCUT2D eigenvalue weighted by molar-refractivity contribution is 6.36. The summed E-state index contributed by atoms with van der Waals surface area (Å²) in [6, 6.07) is -0.793. The number of nitrogens with two attached hydrogens (primary N) is 1. The van der Waals surface area contributed by atoms with Crippen LogP contribution in [0.1, 0.15) is 42.8 Å². The van der Waals surface area contributed by atoms with Crippen LogP contribution in [-0.4, -0.2) is 33.9 Å². The number of anilines is 1. The monoisotopic (exact) mass is 512 g/mol. The third-order valence-corrected chi connectivity index (χ3v) is 5.11. The van der Waals surface area contributed by atoms with Crippen LogP contribution in [0, 0.1) is 5.82 Å². The lowest BCUT2D eigenvalue weighted by atomic mass is 10.1. The molecule has 0 bridgehead atoms. The molecule has 6 nitrogen and oxygen atoms in total. The van der Waals surface area contributed by atoms with E-state index in [1.165, 1.54) is 0 Å². The van der Waals surface area contributed by atoms with Gasteiger partial charge in [0, 0.05) is 45.1 Å². The minimum Gasteiger partial charge on any atom is -0.472 e. The first-order valence-electron chi connectivity index (χ1n) is 13.5. The molecule has 0 amide bonds. The molecule has 176 valence electrons. The maximum atomic E-state index is 14.1. The second-order valence-corrected chi connectivity index (χ2v) is 7.34. The highest BCUT2D eigenvalue weighted by Crippen LogP contribution is 2.44. The highest BCUT2D eigenvalue weighted by Gasteiger charge is 2.46. The van der Waals surface area contributed by atoms with Crippen molar-refractivity contribution < 1.29 is 34.6 Å². The molecular formula is C21H19Cl2F4N5O. The molecule has 0 spiro atoms. The third-order valence-electron chi connectivity index (χ3n) is 4.40. The zero-order valence-corrected chi connectivity index (χ0v) is 17.6. The number of nitrogen functional groups attached to an aromatic ring is 1. The van der Waals surface area contributed by atoms with Gasteiger partial charge in [0.15, 0.2) is 11.6 Å². The van der Waals surface area contributed by atoms with E-state index in [1.54, 1.807) is 5.32 Å². The van der Waals surface area contributed by atoms with Crippen molar-refractivity contribution in [1.82, 2.24) is 20.1 Å². The molecule has 1 unspecified atom stereocenters. The highest BCUT2D eigenvalue weighted by atomic mass is 35.5. The Hall–Kier alpha value is -2.56. The quantitative estimate of drug-likeness (QED) is 0.344. The first-order valence-corrected chi connectivity index (χ1v) is 9.72. The summed E-state index contributed by atoms with van der Waals surface area (Å²) in [6.45, 7) is -6.52. The summed E-state index contributed by atoms with van der Waals surface area (Å²) in [5, 5.41) is 3.90. The zero-order chi connectivity index (χ0) is 31.8. The van der Waals surface area contributed by atoms with Crippen LogP contribution >= 0.6 is 23.2 Å². The SMILES string of the molecule is [2H]C1([2H])NC([2H])([2H])C([2H])([2H])C([2H])(n2cc(-c3cnc(N)c(OC(c4c(Cl)ccc(F)c4Cl)C(F)(F)F)c3)cn2)C1([2H])[2H]. The van der Waals surface area contributed by atoms with Crippen molar-refractivity contribution >= 4 is 29.0 Å². The average molecular weight is 513 g/mol. The smallest absolute Gasteiger partial charge is 0.429 e. The molecule has 0 saturated carbocycles. The third kappa shape index (κ3) is 5.02. The van der Waals surface area contributed by atoms with Crippen molar-refractivity contribution in [2.24, 2.45) is 0 Å². The lowest BCUT2D eigenvalue weighted by Crippen LogP contribution is -2.29. The molecule has 1 aromatic carbocycles. The number of ether oxygens (including phenoxy) is 1. The summed E-state index contributed by atoms with van der Waals surface area (Å²) in [5.74, 6) is -2.43. The summed E-state index contributed by atoms with van der Waals surface area (Å²) in [6.07, 6.45) is -12.1. The average Bonchev–Trinajstić information content (AvgIpc) is 3.35. The topological polar surface area (TPSA) is 78.0 Å². The number of piperidine rings is 1. The van der Waals surface area contributed by atoms with Gasteiger partial charge in [-0.1, -0.05) is 23.2 Å². The normalized spacial score (nSPS) is 27.2. The number of aromatic nitrogens is 3. The molecule has 1 fully saturated rings. The fourth-order valence-corrected chi connectivity index (χ4v) is 3.43. The van der Waals surface area contributed by atoms with Crippen LogP contribution in [0.3, 0.4) is 0 Å². The summed E-state index contributed by atoms with van der Waals surface area (Å²) >= 11 is 11.7. The van der Waals surface area contributed by atoms with E-state index < -0.39 is 77.0 Å². The number of benzene rings is 1. The molecule has 1 aliphatic heterocycles. The number of nitrogens with one attached hydrogen (secondary N) is 1. The van der Waals surface area contributed by atoms with Gasteiger partial charge in [0.2, 0.25) is 6.10 Å². The van der Waals surface area contributed by atoms with E-state index in [9.17, 15) is 17.6 Å². The van der Waals surface area contributed by atoms with E-state index in [2.05, 4.69) is 10.1 Å². The molecule has 3 heterocycles. The molecule has 3 N–H and O–H groups in total. The number of hydrogen-bond acceptors (Lipinski definition) is 5. The molecule has 12 heteroatoms. The molecule has 4 rings (SSSR count).